The van der Waals surface area contributed by atoms with Gasteiger partial charge >= 0.3 is 5.97 Å². The number of hydrogen-bond acceptors (Lipinski definition) is 4. The van der Waals surface area contributed by atoms with Crippen LogP contribution < -0.4 is 0 Å². The van der Waals surface area contributed by atoms with Crippen LogP contribution in [0.2, 0.25) is 0 Å². The maximum atomic E-state index is 10.8. The van der Waals surface area contributed by atoms with E-state index in [-0.39, 0.29) is 12.6 Å². The standard InChI is InChI=1S/C19H30N2O3/c1-3-7-17(16-8-5-4-6-9-16)12-21-10-11-24-18(14-21)13-20(2)15-19(22)23/h4-6,8-9,17-18H,3,7,10-15H2,1-2H3,(H,22,23). The van der Waals surface area contributed by atoms with Crippen LogP contribution in [0.3, 0.4) is 0 Å². The van der Waals surface area contributed by atoms with Gasteiger partial charge in [0, 0.05) is 26.2 Å². The molecule has 0 aliphatic carbocycles. The molecule has 5 nitrogen and oxygen atoms in total. The Labute approximate surface area is 145 Å². The van der Waals surface area contributed by atoms with Crippen molar-refractivity contribution < 1.29 is 14.6 Å². The fraction of sp³-hybridized carbons (Fsp3) is 0.632. The molecule has 0 bridgehead atoms. The Morgan fingerprint density at radius 3 is 2.83 bits per heavy atom. The van der Waals surface area contributed by atoms with Crippen LogP contribution in [0.5, 0.6) is 0 Å². The summed E-state index contributed by atoms with van der Waals surface area (Å²) < 4.78 is 5.83. The number of hydrogen-bond donors (Lipinski definition) is 1. The van der Waals surface area contributed by atoms with Crippen LogP contribution in [0, 0.1) is 0 Å². The highest BCUT2D eigenvalue weighted by molar-refractivity contribution is 5.69. The van der Waals surface area contributed by atoms with Crippen molar-refractivity contribution in [3.63, 3.8) is 0 Å². The highest BCUT2D eigenvalue weighted by atomic mass is 16.5. The highest BCUT2D eigenvalue weighted by Crippen LogP contribution is 2.23. The SMILES string of the molecule is CCCC(CN1CCOC(CN(C)CC(=O)O)C1)c1ccccc1. The maximum Gasteiger partial charge on any atom is 0.317 e. The van der Waals surface area contributed by atoms with Gasteiger partial charge in [0.1, 0.15) is 0 Å². The molecule has 0 aromatic heterocycles. The normalized spacial score (nSPS) is 20.2. The molecule has 2 rings (SSSR count). The molecule has 1 saturated heterocycles. The van der Waals surface area contributed by atoms with Crippen molar-refractivity contribution in [3.05, 3.63) is 35.9 Å². The van der Waals surface area contributed by atoms with Gasteiger partial charge in [0.2, 0.25) is 0 Å². The molecule has 1 aromatic carbocycles. The van der Waals surface area contributed by atoms with Gasteiger partial charge in [-0.05, 0) is 24.9 Å². The number of likely N-dealkylation sites (N-methyl/N-ethyl adjacent to an activating group) is 1. The third-order valence-corrected chi connectivity index (χ3v) is 4.53. The first kappa shape index (κ1) is 18.9. The molecule has 0 amide bonds. The summed E-state index contributed by atoms with van der Waals surface area (Å²) in [5, 5.41) is 8.88. The fourth-order valence-corrected chi connectivity index (χ4v) is 3.45. The highest BCUT2D eigenvalue weighted by Gasteiger charge is 2.24. The van der Waals surface area contributed by atoms with E-state index in [0.29, 0.717) is 12.5 Å². The predicted octanol–water partition coefficient (Wildman–Crippen LogP) is 2.29. The molecule has 1 aliphatic rings. The zero-order valence-electron chi connectivity index (χ0n) is 14.9. The van der Waals surface area contributed by atoms with Gasteiger partial charge in [0.05, 0.1) is 19.3 Å². The van der Waals surface area contributed by atoms with Gasteiger partial charge in [-0.15, -0.1) is 0 Å². The molecule has 2 atom stereocenters. The second-order valence-electron chi connectivity index (χ2n) is 6.74. The molecule has 0 radical (unpaired) electrons. The summed E-state index contributed by atoms with van der Waals surface area (Å²) in [4.78, 5) is 15.1. The summed E-state index contributed by atoms with van der Waals surface area (Å²) in [7, 11) is 1.83. The first-order chi connectivity index (χ1) is 11.6. The Balaban J connectivity index is 1.89. The van der Waals surface area contributed by atoms with Crippen LogP contribution in [0.1, 0.15) is 31.2 Å². The molecule has 2 unspecified atom stereocenters. The van der Waals surface area contributed by atoms with Gasteiger partial charge in [-0.1, -0.05) is 43.7 Å². The molecule has 5 heteroatoms. The molecule has 1 aromatic rings. The zero-order valence-corrected chi connectivity index (χ0v) is 14.9. The summed E-state index contributed by atoms with van der Waals surface area (Å²) in [6, 6.07) is 10.7. The van der Waals surface area contributed by atoms with E-state index in [1.807, 2.05) is 11.9 Å². The van der Waals surface area contributed by atoms with Crippen LogP contribution in [-0.4, -0.2) is 73.4 Å². The Hall–Kier alpha value is -1.43. The average Bonchev–Trinajstić information content (AvgIpc) is 2.55. The number of ether oxygens (including phenoxy) is 1. The fourth-order valence-electron chi connectivity index (χ4n) is 3.45. The van der Waals surface area contributed by atoms with Crippen LogP contribution in [0.25, 0.3) is 0 Å². The smallest absolute Gasteiger partial charge is 0.317 e. The molecular weight excluding hydrogens is 304 g/mol. The van der Waals surface area contributed by atoms with Crippen molar-refractivity contribution in [2.45, 2.75) is 31.8 Å². The van der Waals surface area contributed by atoms with Crippen molar-refractivity contribution >= 4 is 5.97 Å². The Kier molecular flexibility index (Phi) is 7.69. The zero-order chi connectivity index (χ0) is 17.4. The number of aliphatic carboxylic acids is 1. The second-order valence-corrected chi connectivity index (χ2v) is 6.74. The van der Waals surface area contributed by atoms with Crippen molar-refractivity contribution in [1.29, 1.82) is 0 Å². The van der Waals surface area contributed by atoms with E-state index in [1.165, 1.54) is 18.4 Å². The molecular formula is C19H30N2O3. The monoisotopic (exact) mass is 334 g/mol. The molecule has 1 aliphatic heterocycles. The van der Waals surface area contributed by atoms with Crippen LogP contribution in [0.4, 0.5) is 0 Å². The topological polar surface area (TPSA) is 53.0 Å². The number of carboxylic acid groups (broad SMARTS) is 1. The van der Waals surface area contributed by atoms with Crippen molar-refractivity contribution in [3.8, 4) is 0 Å². The third-order valence-electron chi connectivity index (χ3n) is 4.53. The summed E-state index contributed by atoms with van der Waals surface area (Å²) >= 11 is 0. The minimum absolute atomic E-state index is 0.0579. The summed E-state index contributed by atoms with van der Waals surface area (Å²) in [6.07, 6.45) is 2.45. The maximum absolute atomic E-state index is 10.8. The Bertz CT molecular complexity index is 495. The molecule has 1 fully saturated rings. The minimum atomic E-state index is -0.794. The molecule has 1 heterocycles. The Morgan fingerprint density at radius 2 is 2.17 bits per heavy atom. The first-order valence-electron chi connectivity index (χ1n) is 8.87. The van der Waals surface area contributed by atoms with Gasteiger partial charge < -0.3 is 9.84 Å². The Morgan fingerprint density at radius 1 is 1.42 bits per heavy atom. The van der Waals surface area contributed by atoms with Gasteiger partial charge in [-0.2, -0.15) is 0 Å². The third kappa shape index (κ3) is 6.23. The van der Waals surface area contributed by atoms with Gasteiger partial charge in [-0.3, -0.25) is 14.6 Å². The first-order valence-corrected chi connectivity index (χ1v) is 8.87. The van der Waals surface area contributed by atoms with E-state index in [4.69, 9.17) is 9.84 Å². The molecule has 0 spiro atoms. The number of carboxylic acids is 1. The van der Waals surface area contributed by atoms with Crippen LogP contribution in [0.15, 0.2) is 30.3 Å². The van der Waals surface area contributed by atoms with E-state index >= 15 is 0 Å². The number of carbonyl (C=O) groups is 1. The summed E-state index contributed by atoms with van der Waals surface area (Å²) in [6.45, 7) is 6.54. The van der Waals surface area contributed by atoms with Crippen molar-refractivity contribution in [2.24, 2.45) is 0 Å². The van der Waals surface area contributed by atoms with Gasteiger partial charge in [-0.25, -0.2) is 0 Å². The van der Waals surface area contributed by atoms with E-state index in [1.54, 1.807) is 0 Å². The van der Waals surface area contributed by atoms with E-state index in [2.05, 4.69) is 42.2 Å². The number of morpholine rings is 1. The quantitative estimate of drug-likeness (QED) is 0.751. The summed E-state index contributed by atoms with van der Waals surface area (Å²) in [5.41, 5.74) is 1.41. The number of rotatable bonds is 9. The minimum Gasteiger partial charge on any atom is -0.480 e. The average molecular weight is 334 g/mol. The molecule has 24 heavy (non-hydrogen) atoms. The van der Waals surface area contributed by atoms with Crippen molar-refractivity contribution in [1.82, 2.24) is 9.80 Å². The predicted molar refractivity (Wildman–Crippen MR) is 95.4 cm³/mol. The van der Waals surface area contributed by atoms with Crippen LogP contribution in [-0.2, 0) is 9.53 Å². The molecule has 1 N–H and O–H groups in total. The van der Waals surface area contributed by atoms with Gasteiger partial charge in [0.25, 0.3) is 0 Å². The lowest BCUT2D eigenvalue weighted by molar-refractivity contribution is -0.138. The van der Waals surface area contributed by atoms with E-state index in [0.717, 1.165) is 26.2 Å². The van der Waals surface area contributed by atoms with Gasteiger partial charge in [0.15, 0.2) is 0 Å². The number of nitrogens with zero attached hydrogens (tertiary/aromatic N) is 2. The molecule has 0 saturated carbocycles. The van der Waals surface area contributed by atoms with Crippen molar-refractivity contribution in [2.75, 3.05) is 46.4 Å². The number of benzene rings is 1. The van der Waals surface area contributed by atoms with Crippen LogP contribution >= 0.6 is 0 Å². The lowest BCUT2D eigenvalue weighted by Crippen LogP contribution is -2.48. The van der Waals surface area contributed by atoms with E-state index < -0.39 is 5.97 Å². The van der Waals surface area contributed by atoms with E-state index in [9.17, 15) is 4.79 Å². The lowest BCUT2D eigenvalue weighted by Gasteiger charge is -2.36. The molecule has 134 valence electrons. The summed E-state index contributed by atoms with van der Waals surface area (Å²) in [5.74, 6) is -0.246. The lowest BCUT2D eigenvalue weighted by atomic mass is 9.93. The second kappa shape index (κ2) is 9.77. The largest absolute Gasteiger partial charge is 0.480 e.